The Morgan fingerprint density at radius 3 is 2.78 bits per heavy atom. The lowest BCUT2D eigenvalue weighted by Crippen LogP contribution is -2.02. The molecule has 3 aromatic rings. The van der Waals surface area contributed by atoms with Crippen LogP contribution in [0.2, 0.25) is 0 Å². The van der Waals surface area contributed by atoms with Crippen LogP contribution in [0.25, 0.3) is 11.0 Å². The molecule has 0 radical (unpaired) electrons. The first kappa shape index (κ1) is 10.5. The van der Waals surface area contributed by atoms with Gasteiger partial charge in [-0.25, -0.2) is 4.98 Å². The van der Waals surface area contributed by atoms with Crippen LogP contribution < -0.4 is 0 Å². The number of benzene rings is 1. The third-order valence-electron chi connectivity index (χ3n) is 2.83. The number of rotatable bonds is 2. The second kappa shape index (κ2) is 4.30. The van der Waals surface area contributed by atoms with Crippen LogP contribution >= 0.6 is 0 Å². The Bertz CT molecular complexity index is 722. The molecule has 0 fully saturated rings. The van der Waals surface area contributed by atoms with Gasteiger partial charge in [0.15, 0.2) is 0 Å². The van der Waals surface area contributed by atoms with E-state index in [0.29, 0.717) is 12.4 Å². The maximum Gasteiger partial charge on any atom is 0.214 e. The first-order chi connectivity index (χ1) is 8.88. The molecule has 0 amide bonds. The van der Waals surface area contributed by atoms with Crippen molar-refractivity contribution in [3.63, 3.8) is 0 Å². The lowest BCUT2D eigenvalue weighted by Gasteiger charge is -2.05. The van der Waals surface area contributed by atoms with Crippen LogP contribution in [0, 0.1) is 11.3 Å². The second-order valence-corrected chi connectivity index (χ2v) is 3.98. The van der Waals surface area contributed by atoms with Gasteiger partial charge in [-0.2, -0.15) is 5.26 Å². The summed E-state index contributed by atoms with van der Waals surface area (Å²) in [7, 11) is 0. The van der Waals surface area contributed by atoms with Gasteiger partial charge in [-0.15, -0.1) is 0 Å². The fraction of sp³-hybridized carbons (Fsp3) is 0.0714. The van der Waals surface area contributed by atoms with Gasteiger partial charge >= 0.3 is 0 Å². The second-order valence-electron chi connectivity index (χ2n) is 3.98. The van der Waals surface area contributed by atoms with Crippen molar-refractivity contribution in [1.29, 1.82) is 5.26 Å². The summed E-state index contributed by atoms with van der Waals surface area (Å²) >= 11 is 0. The first-order valence-corrected chi connectivity index (χ1v) is 5.63. The molecule has 1 aromatic carbocycles. The number of pyridine rings is 1. The van der Waals surface area contributed by atoms with Crippen molar-refractivity contribution in [1.82, 2.24) is 14.5 Å². The molecule has 0 unspecified atom stereocenters. The van der Waals surface area contributed by atoms with E-state index in [1.54, 1.807) is 12.4 Å². The molecule has 0 saturated carbocycles. The van der Waals surface area contributed by atoms with Crippen molar-refractivity contribution in [3.05, 3.63) is 60.2 Å². The number of aromatic nitrogens is 3. The molecule has 2 heterocycles. The molecule has 0 spiro atoms. The number of hydrogen-bond donors (Lipinski definition) is 0. The van der Waals surface area contributed by atoms with Crippen LogP contribution in [0.3, 0.4) is 0 Å². The minimum Gasteiger partial charge on any atom is -0.311 e. The van der Waals surface area contributed by atoms with Crippen molar-refractivity contribution in [2.45, 2.75) is 6.54 Å². The van der Waals surface area contributed by atoms with Gasteiger partial charge in [0.1, 0.15) is 11.6 Å². The zero-order chi connectivity index (χ0) is 12.4. The van der Waals surface area contributed by atoms with Gasteiger partial charge in [-0.3, -0.25) is 4.98 Å². The Balaban J connectivity index is 2.13. The van der Waals surface area contributed by atoms with E-state index in [9.17, 15) is 0 Å². The standard InChI is InChI=1S/C14H10N4/c15-8-14-17-12-9-16-7-6-13(12)18(14)10-11-4-2-1-3-5-11/h1-7,9H,10H2. The van der Waals surface area contributed by atoms with Crippen molar-refractivity contribution < 1.29 is 0 Å². The highest BCUT2D eigenvalue weighted by atomic mass is 15.1. The van der Waals surface area contributed by atoms with Gasteiger partial charge in [0.25, 0.3) is 0 Å². The molecule has 0 aliphatic rings. The Labute approximate surface area is 104 Å². The average Bonchev–Trinajstić information content (AvgIpc) is 2.78. The number of imidazole rings is 1. The van der Waals surface area contributed by atoms with Gasteiger partial charge in [-0.1, -0.05) is 30.3 Å². The van der Waals surface area contributed by atoms with E-state index in [4.69, 9.17) is 5.26 Å². The lowest BCUT2D eigenvalue weighted by atomic mass is 10.2. The molecule has 0 bridgehead atoms. The molecule has 0 aliphatic heterocycles. The van der Waals surface area contributed by atoms with Gasteiger partial charge < -0.3 is 4.57 Å². The largest absolute Gasteiger partial charge is 0.311 e. The summed E-state index contributed by atoms with van der Waals surface area (Å²) in [6.45, 7) is 0.643. The summed E-state index contributed by atoms with van der Waals surface area (Å²) < 4.78 is 1.91. The molecule has 0 saturated heterocycles. The van der Waals surface area contributed by atoms with Gasteiger partial charge in [-0.05, 0) is 11.6 Å². The summed E-state index contributed by atoms with van der Waals surface area (Å²) in [6.07, 6.45) is 3.39. The van der Waals surface area contributed by atoms with Crippen LogP contribution in [0.1, 0.15) is 11.4 Å². The van der Waals surface area contributed by atoms with Crippen LogP contribution in [0.4, 0.5) is 0 Å². The minimum atomic E-state index is 0.418. The fourth-order valence-corrected chi connectivity index (χ4v) is 1.99. The summed E-state index contributed by atoms with van der Waals surface area (Å²) in [5.41, 5.74) is 2.83. The Hall–Kier alpha value is -2.67. The third-order valence-corrected chi connectivity index (χ3v) is 2.83. The molecule has 0 N–H and O–H groups in total. The monoisotopic (exact) mass is 234 g/mol. The summed E-state index contributed by atoms with van der Waals surface area (Å²) in [5, 5.41) is 9.14. The number of hydrogen-bond acceptors (Lipinski definition) is 3. The topological polar surface area (TPSA) is 54.5 Å². The number of nitriles is 1. The average molecular weight is 234 g/mol. The van der Waals surface area contributed by atoms with E-state index in [1.165, 1.54) is 0 Å². The van der Waals surface area contributed by atoms with Gasteiger partial charge in [0.05, 0.1) is 18.3 Å². The van der Waals surface area contributed by atoms with Crippen molar-refractivity contribution >= 4 is 11.0 Å². The SMILES string of the molecule is N#Cc1nc2cnccc2n1Cc1ccccc1. The molecule has 3 rings (SSSR count). The van der Waals surface area contributed by atoms with E-state index in [-0.39, 0.29) is 0 Å². The highest BCUT2D eigenvalue weighted by Crippen LogP contribution is 2.16. The fourth-order valence-electron chi connectivity index (χ4n) is 1.99. The minimum absolute atomic E-state index is 0.418. The number of nitrogens with zero attached hydrogens (tertiary/aromatic N) is 4. The van der Waals surface area contributed by atoms with E-state index in [1.807, 2.05) is 41.0 Å². The van der Waals surface area contributed by atoms with Crippen molar-refractivity contribution in [2.24, 2.45) is 0 Å². The molecule has 4 nitrogen and oxygen atoms in total. The van der Waals surface area contributed by atoms with E-state index in [0.717, 1.165) is 16.6 Å². The normalized spacial score (nSPS) is 10.4. The first-order valence-electron chi connectivity index (χ1n) is 5.63. The highest BCUT2D eigenvalue weighted by Gasteiger charge is 2.10. The summed E-state index contributed by atoms with van der Waals surface area (Å²) in [4.78, 5) is 8.29. The quantitative estimate of drug-likeness (QED) is 0.684. The maximum atomic E-state index is 9.14. The van der Waals surface area contributed by atoms with Crippen molar-refractivity contribution in [3.8, 4) is 6.07 Å². The third kappa shape index (κ3) is 1.72. The predicted molar refractivity (Wildman–Crippen MR) is 67.8 cm³/mol. The van der Waals surface area contributed by atoms with Crippen LogP contribution in [0.5, 0.6) is 0 Å². The predicted octanol–water partition coefficient (Wildman–Crippen LogP) is 2.35. The zero-order valence-corrected chi connectivity index (χ0v) is 9.61. The van der Waals surface area contributed by atoms with Gasteiger partial charge in [0.2, 0.25) is 5.82 Å². The molecule has 0 aliphatic carbocycles. The van der Waals surface area contributed by atoms with Crippen molar-refractivity contribution in [2.75, 3.05) is 0 Å². The zero-order valence-electron chi connectivity index (χ0n) is 9.61. The molecule has 2 aromatic heterocycles. The highest BCUT2D eigenvalue weighted by molar-refractivity contribution is 5.75. The summed E-state index contributed by atoms with van der Waals surface area (Å²) in [6, 6.07) is 14.0. The molecule has 18 heavy (non-hydrogen) atoms. The summed E-state index contributed by atoms with van der Waals surface area (Å²) in [5.74, 6) is 0.418. The van der Waals surface area contributed by atoms with E-state index >= 15 is 0 Å². The number of fused-ring (bicyclic) bond motifs is 1. The van der Waals surface area contributed by atoms with Crippen LogP contribution in [-0.2, 0) is 6.54 Å². The van der Waals surface area contributed by atoms with Crippen LogP contribution in [0.15, 0.2) is 48.8 Å². The molecular formula is C14H10N4. The van der Waals surface area contributed by atoms with E-state index < -0.39 is 0 Å². The molecule has 86 valence electrons. The molecule has 0 atom stereocenters. The Morgan fingerprint density at radius 2 is 2.00 bits per heavy atom. The van der Waals surface area contributed by atoms with Gasteiger partial charge in [0, 0.05) is 6.20 Å². The smallest absolute Gasteiger partial charge is 0.214 e. The van der Waals surface area contributed by atoms with E-state index in [2.05, 4.69) is 16.0 Å². The Kier molecular flexibility index (Phi) is 2.50. The molecule has 4 heteroatoms. The maximum absolute atomic E-state index is 9.14. The van der Waals surface area contributed by atoms with Crippen LogP contribution in [-0.4, -0.2) is 14.5 Å². The Morgan fingerprint density at radius 1 is 1.17 bits per heavy atom. The molecular weight excluding hydrogens is 224 g/mol. The lowest BCUT2D eigenvalue weighted by molar-refractivity contribution is 0.808.